The number of rotatable bonds is 5. The Labute approximate surface area is 176 Å². The molecule has 1 amide bonds. The predicted octanol–water partition coefficient (Wildman–Crippen LogP) is 5.15. The van der Waals surface area contributed by atoms with Gasteiger partial charge in [0.25, 0.3) is 0 Å². The van der Waals surface area contributed by atoms with E-state index in [2.05, 4.69) is 0 Å². The fourth-order valence-electron chi connectivity index (χ4n) is 2.78. The normalized spacial score (nSPS) is 16.0. The largest absolute Gasteiger partial charge is 0.483 e. The first kappa shape index (κ1) is 23.1. The Balaban J connectivity index is 2.14. The number of benzene rings is 1. The summed E-state index contributed by atoms with van der Waals surface area (Å²) in [7, 11) is 0. The Morgan fingerprint density at radius 2 is 1.89 bits per heavy atom. The van der Waals surface area contributed by atoms with Crippen molar-refractivity contribution in [2.45, 2.75) is 58.0 Å². The third kappa shape index (κ3) is 7.65. The number of nitrogens with zero attached hydrogens (tertiary/aromatic N) is 1. The second-order valence-electron chi connectivity index (χ2n) is 7.62. The molecule has 1 aliphatic rings. The van der Waals surface area contributed by atoms with E-state index in [1.165, 1.54) is 6.07 Å². The second-order valence-corrected chi connectivity index (χ2v) is 8.78. The molecule has 28 heavy (non-hydrogen) atoms. The summed E-state index contributed by atoms with van der Waals surface area (Å²) < 4.78 is 53.4. The lowest BCUT2D eigenvalue weighted by Crippen LogP contribution is -2.45. The summed E-state index contributed by atoms with van der Waals surface area (Å²) in [5, 5.41) is 0. The third-order valence-corrected chi connectivity index (χ3v) is 4.84. The molecule has 0 atom stereocenters. The molecule has 0 aromatic heterocycles. The number of carbonyl (C=O) groups is 1. The minimum atomic E-state index is -4.39. The molecule has 0 saturated carbocycles. The summed E-state index contributed by atoms with van der Waals surface area (Å²) in [6, 6.07) is 4.88. The molecule has 1 heterocycles. The standard InChI is InChI=1S/C19H25F3INO4/c1-18(2,3)28-17(25)24(14-6-8-26-9-7-14)11-13-4-5-16(15(23)10-13)27-12-19(20,21)22/h4-5,10,14H,6-9,11-12H2,1-3H3. The molecule has 0 spiro atoms. The lowest BCUT2D eigenvalue weighted by Gasteiger charge is -2.35. The Bertz CT molecular complexity index is 670. The van der Waals surface area contributed by atoms with E-state index < -0.39 is 24.5 Å². The summed E-state index contributed by atoms with van der Waals surface area (Å²) in [6.07, 6.45) is -3.38. The van der Waals surface area contributed by atoms with Crippen molar-refractivity contribution < 1.29 is 32.2 Å². The Hall–Kier alpha value is -1.23. The van der Waals surface area contributed by atoms with Gasteiger partial charge >= 0.3 is 12.3 Å². The average Bonchev–Trinajstić information content (AvgIpc) is 2.57. The quantitative estimate of drug-likeness (QED) is 0.510. The fraction of sp³-hybridized carbons (Fsp3) is 0.632. The van der Waals surface area contributed by atoms with E-state index in [1.807, 2.05) is 43.4 Å². The number of hydrogen-bond donors (Lipinski definition) is 0. The van der Waals surface area contributed by atoms with Gasteiger partial charge in [-0.1, -0.05) is 6.07 Å². The number of amides is 1. The molecule has 0 bridgehead atoms. The van der Waals surface area contributed by atoms with Crippen molar-refractivity contribution in [2.75, 3.05) is 19.8 Å². The van der Waals surface area contributed by atoms with E-state index in [4.69, 9.17) is 14.2 Å². The van der Waals surface area contributed by atoms with Gasteiger partial charge in [0.1, 0.15) is 11.4 Å². The van der Waals surface area contributed by atoms with Crippen LogP contribution >= 0.6 is 22.6 Å². The van der Waals surface area contributed by atoms with Gasteiger partial charge in [0, 0.05) is 25.8 Å². The van der Waals surface area contributed by atoms with E-state index in [1.54, 1.807) is 17.0 Å². The summed E-state index contributed by atoms with van der Waals surface area (Å²) in [5.41, 5.74) is 0.172. The van der Waals surface area contributed by atoms with Gasteiger partial charge in [0.05, 0.1) is 3.57 Å². The van der Waals surface area contributed by atoms with E-state index >= 15 is 0 Å². The van der Waals surface area contributed by atoms with Gasteiger partial charge in [-0.05, 0) is 73.9 Å². The first-order valence-corrected chi connectivity index (χ1v) is 10.1. The zero-order chi connectivity index (χ0) is 20.9. The maximum Gasteiger partial charge on any atom is 0.422 e. The summed E-state index contributed by atoms with van der Waals surface area (Å²) in [5.74, 6) is 0.163. The minimum absolute atomic E-state index is 0.0117. The summed E-state index contributed by atoms with van der Waals surface area (Å²) >= 11 is 1.93. The van der Waals surface area contributed by atoms with Crippen LogP contribution in [-0.2, 0) is 16.0 Å². The van der Waals surface area contributed by atoms with Gasteiger partial charge in [0.15, 0.2) is 6.61 Å². The van der Waals surface area contributed by atoms with Gasteiger partial charge in [-0.3, -0.25) is 0 Å². The van der Waals surface area contributed by atoms with Gasteiger partial charge in [-0.25, -0.2) is 4.79 Å². The Morgan fingerprint density at radius 1 is 1.25 bits per heavy atom. The molecule has 1 aliphatic heterocycles. The Morgan fingerprint density at radius 3 is 2.43 bits per heavy atom. The molecule has 0 N–H and O–H groups in total. The van der Waals surface area contributed by atoms with E-state index in [9.17, 15) is 18.0 Å². The van der Waals surface area contributed by atoms with Crippen LogP contribution in [0.15, 0.2) is 18.2 Å². The molecule has 1 aromatic rings. The van der Waals surface area contributed by atoms with Gasteiger partial charge < -0.3 is 19.1 Å². The van der Waals surface area contributed by atoms with Gasteiger partial charge in [-0.15, -0.1) is 0 Å². The molecule has 0 radical (unpaired) electrons. The fourth-order valence-corrected chi connectivity index (χ4v) is 3.51. The molecular weight excluding hydrogens is 490 g/mol. The van der Waals surface area contributed by atoms with E-state index in [0.29, 0.717) is 36.2 Å². The second kappa shape index (κ2) is 9.51. The number of alkyl halides is 3. The number of ether oxygens (including phenoxy) is 3. The topological polar surface area (TPSA) is 48.0 Å². The van der Waals surface area contributed by atoms with Crippen molar-refractivity contribution in [1.82, 2.24) is 4.90 Å². The van der Waals surface area contributed by atoms with Crippen LogP contribution in [0.4, 0.5) is 18.0 Å². The van der Waals surface area contributed by atoms with Crippen molar-refractivity contribution in [1.29, 1.82) is 0 Å². The smallest absolute Gasteiger partial charge is 0.422 e. The summed E-state index contributed by atoms with van der Waals surface area (Å²) in [6.45, 7) is 5.54. The van der Waals surface area contributed by atoms with Crippen LogP contribution in [0.5, 0.6) is 5.75 Å². The highest BCUT2D eigenvalue weighted by Crippen LogP contribution is 2.27. The highest BCUT2D eigenvalue weighted by atomic mass is 127. The van der Waals surface area contributed by atoms with Gasteiger partial charge in [0.2, 0.25) is 0 Å². The first-order chi connectivity index (χ1) is 12.9. The van der Waals surface area contributed by atoms with Crippen LogP contribution in [-0.4, -0.2) is 48.6 Å². The monoisotopic (exact) mass is 515 g/mol. The van der Waals surface area contributed by atoms with Crippen LogP contribution in [0.2, 0.25) is 0 Å². The molecule has 9 heteroatoms. The van der Waals surface area contributed by atoms with Gasteiger partial charge in [-0.2, -0.15) is 13.2 Å². The van der Waals surface area contributed by atoms with Crippen molar-refractivity contribution >= 4 is 28.7 Å². The van der Waals surface area contributed by atoms with Crippen molar-refractivity contribution in [3.05, 3.63) is 27.3 Å². The number of hydrogen-bond acceptors (Lipinski definition) is 4. The predicted molar refractivity (Wildman–Crippen MR) is 106 cm³/mol. The van der Waals surface area contributed by atoms with E-state index in [-0.39, 0.29) is 11.8 Å². The Kier molecular flexibility index (Phi) is 7.83. The highest BCUT2D eigenvalue weighted by molar-refractivity contribution is 14.1. The van der Waals surface area contributed by atoms with Crippen LogP contribution in [0.3, 0.4) is 0 Å². The molecule has 158 valence electrons. The zero-order valence-corrected chi connectivity index (χ0v) is 18.3. The molecule has 5 nitrogen and oxygen atoms in total. The molecular formula is C19H25F3INO4. The minimum Gasteiger partial charge on any atom is -0.483 e. The number of halogens is 4. The molecule has 1 fully saturated rings. The lowest BCUT2D eigenvalue weighted by molar-refractivity contribution is -0.153. The van der Waals surface area contributed by atoms with Crippen LogP contribution in [0.25, 0.3) is 0 Å². The highest BCUT2D eigenvalue weighted by Gasteiger charge is 2.31. The van der Waals surface area contributed by atoms with Crippen LogP contribution in [0, 0.1) is 3.57 Å². The summed E-state index contributed by atoms with van der Waals surface area (Å²) in [4.78, 5) is 14.4. The molecule has 0 aliphatic carbocycles. The number of carbonyl (C=O) groups excluding carboxylic acids is 1. The molecule has 2 rings (SSSR count). The molecule has 1 saturated heterocycles. The van der Waals surface area contributed by atoms with Crippen molar-refractivity contribution in [3.63, 3.8) is 0 Å². The zero-order valence-electron chi connectivity index (χ0n) is 16.1. The SMILES string of the molecule is CC(C)(C)OC(=O)N(Cc1ccc(OCC(F)(F)F)c(I)c1)C1CCOCC1. The first-order valence-electron chi connectivity index (χ1n) is 9.00. The van der Waals surface area contributed by atoms with Crippen molar-refractivity contribution in [3.8, 4) is 5.75 Å². The molecule has 0 unspecified atom stereocenters. The average molecular weight is 515 g/mol. The third-order valence-electron chi connectivity index (χ3n) is 4.00. The lowest BCUT2D eigenvalue weighted by atomic mass is 10.1. The van der Waals surface area contributed by atoms with Crippen molar-refractivity contribution in [2.24, 2.45) is 0 Å². The maximum atomic E-state index is 12.7. The maximum absolute atomic E-state index is 12.7. The van der Waals surface area contributed by atoms with E-state index in [0.717, 1.165) is 5.56 Å². The molecule has 1 aromatic carbocycles. The van der Waals surface area contributed by atoms with Crippen LogP contribution in [0.1, 0.15) is 39.2 Å². The van der Waals surface area contributed by atoms with Crippen LogP contribution < -0.4 is 4.74 Å².